The number of aromatic nitrogens is 2. The number of imidazole rings is 1. The highest BCUT2D eigenvalue weighted by atomic mass is 16.5. The van der Waals surface area contributed by atoms with E-state index in [1.54, 1.807) is 7.11 Å². The summed E-state index contributed by atoms with van der Waals surface area (Å²) >= 11 is 0. The van der Waals surface area contributed by atoms with Crippen LogP contribution in [0.3, 0.4) is 0 Å². The smallest absolute Gasteiger partial charge is 0.317 e. The second-order valence-corrected chi connectivity index (χ2v) is 7.06. The van der Waals surface area contributed by atoms with E-state index in [2.05, 4.69) is 39.2 Å². The number of aromatic amines is 1. The summed E-state index contributed by atoms with van der Waals surface area (Å²) < 4.78 is 5.15. The number of methoxy groups -OCH3 is 1. The first-order valence-corrected chi connectivity index (χ1v) is 9.49. The number of ether oxygens (including phenoxy) is 1. The van der Waals surface area contributed by atoms with E-state index in [9.17, 15) is 4.79 Å². The molecule has 7 heteroatoms. The summed E-state index contributed by atoms with van der Waals surface area (Å²) in [6.07, 6.45) is 0. The molecule has 1 aliphatic heterocycles. The van der Waals surface area contributed by atoms with E-state index < -0.39 is 0 Å². The average molecular weight is 379 g/mol. The predicted molar refractivity (Wildman–Crippen MR) is 110 cm³/mol. The number of urea groups is 1. The first-order chi connectivity index (χ1) is 13.6. The molecule has 2 amide bonds. The summed E-state index contributed by atoms with van der Waals surface area (Å²) in [7, 11) is 1.64. The summed E-state index contributed by atoms with van der Waals surface area (Å²) in [5, 5.41) is 2.99. The lowest BCUT2D eigenvalue weighted by atomic mass is 10.2. The van der Waals surface area contributed by atoms with Gasteiger partial charge < -0.3 is 24.8 Å². The van der Waals surface area contributed by atoms with Crippen molar-refractivity contribution in [1.29, 1.82) is 0 Å². The first kappa shape index (κ1) is 18.2. The van der Waals surface area contributed by atoms with Crippen LogP contribution in [0.4, 0.5) is 10.7 Å². The highest BCUT2D eigenvalue weighted by Gasteiger charge is 2.22. The molecule has 1 aliphatic rings. The van der Waals surface area contributed by atoms with Gasteiger partial charge in [-0.05, 0) is 42.3 Å². The molecular formula is C21H25N5O2. The monoisotopic (exact) mass is 379 g/mol. The highest BCUT2D eigenvalue weighted by molar-refractivity contribution is 5.78. The second-order valence-electron chi connectivity index (χ2n) is 7.06. The molecule has 2 N–H and O–H groups in total. The van der Waals surface area contributed by atoms with Crippen LogP contribution in [0.5, 0.6) is 5.75 Å². The number of carbonyl (C=O) groups excluding carboxylic acids is 1. The minimum absolute atomic E-state index is 0.0318. The fourth-order valence-electron chi connectivity index (χ4n) is 3.41. The van der Waals surface area contributed by atoms with Crippen molar-refractivity contribution in [2.45, 2.75) is 13.5 Å². The van der Waals surface area contributed by atoms with E-state index in [0.29, 0.717) is 19.6 Å². The van der Waals surface area contributed by atoms with Crippen LogP contribution in [0.25, 0.3) is 11.0 Å². The molecule has 0 saturated carbocycles. The van der Waals surface area contributed by atoms with Gasteiger partial charge in [-0.25, -0.2) is 9.78 Å². The third-order valence-electron chi connectivity index (χ3n) is 5.09. The van der Waals surface area contributed by atoms with Gasteiger partial charge in [-0.2, -0.15) is 0 Å². The summed E-state index contributed by atoms with van der Waals surface area (Å²) in [6, 6.07) is 13.9. The van der Waals surface area contributed by atoms with Crippen LogP contribution >= 0.6 is 0 Å². The topological polar surface area (TPSA) is 73.5 Å². The van der Waals surface area contributed by atoms with Crippen molar-refractivity contribution in [2.24, 2.45) is 0 Å². The van der Waals surface area contributed by atoms with Crippen molar-refractivity contribution >= 4 is 23.0 Å². The van der Waals surface area contributed by atoms with Gasteiger partial charge in [-0.3, -0.25) is 0 Å². The molecule has 0 atom stereocenters. The number of nitrogens with one attached hydrogen (secondary N) is 2. The zero-order valence-corrected chi connectivity index (χ0v) is 16.2. The van der Waals surface area contributed by atoms with Gasteiger partial charge >= 0.3 is 6.03 Å². The maximum absolute atomic E-state index is 12.5. The van der Waals surface area contributed by atoms with Gasteiger partial charge in [0.2, 0.25) is 5.95 Å². The number of H-pyrrole nitrogens is 1. The van der Waals surface area contributed by atoms with Gasteiger partial charge in [-0.15, -0.1) is 0 Å². The Balaban J connectivity index is 1.30. The van der Waals surface area contributed by atoms with Crippen molar-refractivity contribution in [1.82, 2.24) is 20.2 Å². The van der Waals surface area contributed by atoms with E-state index in [0.717, 1.165) is 41.4 Å². The number of amides is 2. The van der Waals surface area contributed by atoms with Crippen LogP contribution < -0.4 is 15.0 Å². The molecule has 7 nitrogen and oxygen atoms in total. The molecule has 2 aromatic carbocycles. The molecule has 0 unspecified atom stereocenters. The Morgan fingerprint density at radius 1 is 1.14 bits per heavy atom. The molecule has 1 aromatic heterocycles. The number of carbonyl (C=O) groups is 1. The molecule has 146 valence electrons. The molecule has 28 heavy (non-hydrogen) atoms. The van der Waals surface area contributed by atoms with Crippen LogP contribution in [-0.2, 0) is 6.54 Å². The van der Waals surface area contributed by atoms with Crippen LogP contribution in [0, 0.1) is 6.92 Å². The Morgan fingerprint density at radius 2 is 1.89 bits per heavy atom. The number of fused-ring (bicyclic) bond motifs is 1. The Bertz CT molecular complexity index is 959. The number of piperazine rings is 1. The molecule has 4 rings (SSSR count). The first-order valence-electron chi connectivity index (χ1n) is 9.49. The highest BCUT2D eigenvalue weighted by Crippen LogP contribution is 2.20. The van der Waals surface area contributed by atoms with Gasteiger partial charge in [0, 0.05) is 32.7 Å². The van der Waals surface area contributed by atoms with Crippen molar-refractivity contribution in [2.75, 3.05) is 38.2 Å². The Labute approximate surface area is 164 Å². The number of benzene rings is 2. The summed E-state index contributed by atoms with van der Waals surface area (Å²) in [6.45, 7) is 5.44. The van der Waals surface area contributed by atoms with E-state index in [1.807, 2.05) is 35.2 Å². The molecule has 2 heterocycles. The van der Waals surface area contributed by atoms with E-state index in [4.69, 9.17) is 4.74 Å². The lowest BCUT2D eigenvalue weighted by Gasteiger charge is -2.34. The normalized spacial score (nSPS) is 14.4. The molecule has 0 aliphatic carbocycles. The van der Waals surface area contributed by atoms with Gasteiger partial charge in [0.25, 0.3) is 0 Å². The molecular weight excluding hydrogens is 354 g/mol. The van der Waals surface area contributed by atoms with E-state index >= 15 is 0 Å². The molecule has 0 radical (unpaired) electrons. The number of rotatable bonds is 4. The predicted octanol–water partition coefficient (Wildman–Crippen LogP) is 2.91. The standard InChI is InChI=1S/C21H25N5O2/c1-15-3-8-18-19(13-15)24-20(23-18)25-9-11-26(12-10-25)21(27)22-14-16-4-6-17(28-2)7-5-16/h3-8,13H,9-12,14H2,1-2H3,(H,22,27)(H,23,24). The third kappa shape index (κ3) is 3.88. The van der Waals surface area contributed by atoms with Crippen molar-refractivity contribution < 1.29 is 9.53 Å². The van der Waals surface area contributed by atoms with Crippen LogP contribution in [0.2, 0.25) is 0 Å². The zero-order valence-electron chi connectivity index (χ0n) is 16.2. The van der Waals surface area contributed by atoms with Gasteiger partial charge in [-0.1, -0.05) is 18.2 Å². The number of nitrogens with zero attached hydrogens (tertiary/aromatic N) is 3. The van der Waals surface area contributed by atoms with Crippen molar-refractivity contribution in [3.8, 4) is 5.75 Å². The Kier molecular flexibility index (Phi) is 5.06. The maximum Gasteiger partial charge on any atom is 0.317 e. The maximum atomic E-state index is 12.5. The lowest BCUT2D eigenvalue weighted by Crippen LogP contribution is -2.52. The number of anilines is 1. The largest absolute Gasteiger partial charge is 0.497 e. The zero-order chi connectivity index (χ0) is 19.5. The van der Waals surface area contributed by atoms with Crippen LogP contribution in [0.15, 0.2) is 42.5 Å². The summed E-state index contributed by atoms with van der Waals surface area (Å²) in [4.78, 5) is 24.6. The number of hydrogen-bond acceptors (Lipinski definition) is 4. The molecule has 3 aromatic rings. The SMILES string of the molecule is COc1ccc(CNC(=O)N2CCN(c3nc4ccc(C)cc4[nH]3)CC2)cc1. The average Bonchev–Trinajstić information content (AvgIpc) is 3.15. The Morgan fingerprint density at radius 3 is 2.61 bits per heavy atom. The summed E-state index contributed by atoms with van der Waals surface area (Å²) in [5.74, 6) is 1.69. The third-order valence-corrected chi connectivity index (χ3v) is 5.09. The van der Waals surface area contributed by atoms with Crippen LogP contribution in [0.1, 0.15) is 11.1 Å². The van der Waals surface area contributed by atoms with E-state index in [-0.39, 0.29) is 6.03 Å². The Hall–Kier alpha value is -3.22. The number of aryl methyl sites for hydroxylation is 1. The fourth-order valence-corrected chi connectivity index (χ4v) is 3.41. The molecule has 0 spiro atoms. The summed E-state index contributed by atoms with van der Waals surface area (Å²) in [5.41, 5.74) is 4.28. The van der Waals surface area contributed by atoms with Crippen LogP contribution in [-0.4, -0.2) is 54.2 Å². The van der Waals surface area contributed by atoms with Crippen molar-refractivity contribution in [3.05, 3.63) is 53.6 Å². The van der Waals surface area contributed by atoms with E-state index in [1.165, 1.54) is 5.56 Å². The second kappa shape index (κ2) is 7.80. The molecule has 1 fully saturated rings. The minimum atomic E-state index is -0.0318. The van der Waals surface area contributed by atoms with Crippen molar-refractivity contribution in [3.63, 3.8) is 0 Å². The minimum Gasteiger partial charge on any atom is -0.497 e. The van der Waals surface area contributed by atoms with Gasteiger partial charge in [0.15, 0.2) is 0 Å². The quantitative estimate of drug-likeness (QED) is 0.731. The lowest BCUT2D eigenvalue weighted by molar-refractivity contribution is 0.193. The van der Waals surface area contributed by atoms with Gasteiger partial charge in [0.1, 0.15) is 5.75 Å². The fraction of sp³-hybridized carbons (Fsp3) is 0.333. The molecule has 0 bridgehead atoms. The van der Waals surface area contributed by atoms with Gasteiger partial charge in [0.05, 0.1) is 18.1 Å². The molecule has 1 saturated heterocycles. The number of hydrogen-bond donors (Lipinski definition) is 2.